The highest BCUT2D eigenvalue weighted by molar-refractivity contribution is 5.93. The third kappa shape index (κ3) is 4.12. The molecule has 0 aromatic heterocycles. The number of aliphatic hydroxyl groups excluding tert-OH is 1. The fourth-order valence-electron chi connectivity index (χ4n) is 5.35. The number of hydrogen-bond acceptors (Lipinski definition) is 6. The Kier molecular flexibility index (Phi) is 5.65. The van der Waals surface area contributed by atoms with Crippen LogP contribution in [0.3, 0.4) is 0 Å². The Morgan fingerprint density at radius 1 is 1.18 bits per heavy atom. The Labute approximate surface area is 193 Å². The standard InChI is InChI=1S/C26H27N3O4/c1-16-8-23-20(15-33-26(23)32)11-22(16)24(30)13-28-6-7-29(25(31)14-28)21-5-4-18-9-17(12-27)2-3-19(18)10-21/h2-3,8-9,11,21,24,30H,4-7,10,13-15H2,1H3. The van der Waals surface area contributed by atoms with E-state index in [4.69, 9.17) is 10.00 Å². The van der Waals surface area contributed by atoms with Crippen LogP contribution in [0.4, 0.5) is 0 Å². The Morgan fingerprint density at radius 2 is 2.03 bits per heavy atom. The van der Waals surface area contributed by atoms with Gasteiger partial charge in [-0.05, 0) is 72.7 Å². The molecule has 5 rings (SSSR count). The summed E-state index contributed by atoms with van der Waals surface area (Å²) >= 11 is 0. The van der Waals surface area contributed by atoms with E-state index >= 15 is 0 Å². The van der Waals surface area contributed by atoms with Crippen LogP contribution in [0.1, 0.15) is 56.3 Å². The van der Waals surface area contributed by atoms with Gasteiger partial charge in [0.15, 0.2) is 0 Å². The molecule has 3 aliphatic rings. The van der Waals surface area contributed by atoms with E-state index in [1.165, 1.54) is 11.1 Å². The molecule has 0 spiro atoms. The highest BCUT2D eigenvalue weighted by Crippen LogP contribution is 2.29. The number of aryl methyl sites for hydroxylation is 2. The Morgan fingerprint density at radius 3 is 2.82 bits per heavy atom. The number of rotatable bonds is 4. The summed E-state index contributed by atoms with van der Waals surface area (Å²) in [5, 5.41) is 20.0. The number of nitrogens with zero attached hydrogens (tertiary/aromatic N) is 3. The molecule has 2 aromatic carbocycles. The smallest absolute Gasteiger partial charge is 0.338 e. The van der Waals surface area contributed by atoms with Crippen molar-refractivity contribution >= 4 is 11.9 Å². The monoisotopic (exact) mass is 445 g/mol. The minimum Gasteiger partial charge on any atom is -0.457 e. The zero-order valence-corrected chi connectivity index (χ0v) is 18.7. The number of carbonyl (C=O) groups is 2. The molecule has 1 amide bonds. The van der Waals surface area contributed by atoms with Gasteiger partial charge in [0.1, 0.15) is 6.61 Å². The summed E-state index contributed by atoms with van der Waals surface area (Å²) in [6.07, 6.45) is 1.88. The average molecular weight is 446 g/mol. The number of fused-ring (bicyclic) bond motifs is 2. The molecule has 7 heteroatoms. The van der Waals surface area contributed by atoms with E-state index in [1.807, 2.05) is 41.0 Å². The lowest BCUT2D eigenvalue weighted by atomic mass is 9.86. The maximum absolute atomic E-state index is 13.0. The molecule has 0 radical (unpaired) electrons. The molecular weight excluding hydrogens is 418 g/mol. The molecule has 7 nitrogen and oxygen atoms in total. The summed E-state index contributed by atoms with van der Waals surface area (Å²) in [5.74, 6) is -0.216. The highest BCUT2D eigenvalue weighted by atomic mass is 16.5. The number of ether oxygens (including phenoxy) is 1. The first-order valence-electron chi connectivity index (χ1n) is 11.4. The molecule has 2 heterocycles. The topological polar surface area (TPSA) is 93.9 Å². The van der Waals surface area contributed by atoms with Gasteiger partial charge in [-0.25, -0.2) is 4.79 Å². The Bertz CT molecular complexity index is 1170. The summed E-state index contributed by atoms with van der Waals surface area (Å²) in [4.78, 5) is 28.8. The number of β-amino-alcohol motifs (C(OH)–C–C–N with tert-alkyl or cyclic N) is 1. The maximum Gasteiger partial charge on any atom is 0.338 e. The molecule has 2 unspecified atom stereocenters. The third-order valence-corrected chi connectivity index (χ3v) is 7.18. The number of piperazine rings is 1. The van der Waals surface area contributed by atoms with Crippen molar-refractivity contribution in [3.05, 3.63) is 69.3 Å². The molecule has 1 aliphatic carbocycles. The van der Waals surface area contributed by atoms with Crippen molar-refractivity contribution in [2.24, 2.45) is 0 Å². The van der Waals surface area contributed by atoms with E-state index in [1.54, 1.807) is 6.07 Å². The summed E-state index contributed by atoms with van der Waals surface area (Å²) in [5.41, 5.74) is 6.15. The van der Waals surface area contributed by atoms with Gasteiger partial charge in [-0.15, -0.1) is 0 Å². The van der Waals surface area contributed by atoms with Crippen molar-refractivity contribution in [3.8, 4) is 6.07 Å². The molecule has 2 aliphatic heterocycles. The van der Waals surface area contributed by atoms with E-state index in [0.717, 1.165) is 36.0 Å². The minimum absolute atomic E-state index is 0.0974. The number of aliphatic hydroxyl groups is 1. The first-order valence-corrected chi connectivity index (χ1v) is 11.4. The van der Waals surface area contributed by atoms with Gasteiger partial charge in [0.05, 0.1) is 29.8 Å². The second kappa shape index (κ2) is 8.62. The number of carbonyl (C=O) groups excluding carboxylic acids is 2. The number of nitriles is 1. The molecule has 2 aromatic rings. The van der Waals surface area contributed by atoms with E-state index in [9.17, 15) is 14.7 Å². The Hall–Kier alpha value is -3.21. The maximum atomic E-state index is 13.0. The molecule has 1 fully saturated rings. The van der Waals surface area contributed by atoms with E-state index in [-0.39, 0.29) is 24.5 Å². The number of cyclic esters (lactones) is 1. The van der Waals surface area contributed by atoms with Crippen LogP contribution in [0.2, 0.25) is 0 Å². The van der Waals surface area contributed by atoms with Gasteiger partial charge in [0.25, 0.3) is 0 Å². The van der Waals surface area contributed by atoms with Crippen molar-refractivity contribution in [1.29, 1.82) is 5.26 Å². The lowest BCUT2D eigenvalue weighted by molar-refractivity contribution is -0.139. The zero-order valence-electron chi connectivity index (χ0n) is 18.7. The van der Waals surface area contributed by atoms with Crippen LogP contribution >= 0.6 is 0 Å². The van der Waals surface area contributed by atoms with Gasteiger partial charge in [-0.3, -0.25) is 9.69 Å². The summed E-state index contributed by atoms with van der Waals surface area (Å²) in [7, 11) is 0. The molecule has 33 heavy (non-hydrogen) atoms. The number of hydrogen-bond donors (Lipinski definition) is 1. The number of amides is 1. The first kappa shape index (κ1) is 21.6. The Balaban J connectivity index is 1.21. The third-order valence-electron chi connectivity index (χ3n) is 7.18. The van der Waals surface area contributed by atoms with Crippen molar-refractivity contribution in [3.63, 3.8) is 0 Å². The average Bonchev–Trinajstić information content (AvgIpc) is 3.17. The van der Waals surface area contributed by atoms with Crippen LogP contribution in [-0.4, -0.2) is 59.0 Å². The predicted octanol–water partition coefficient (Wildman–Crippen LogP) is 2.27. The lowest BCUT2D eigenvalue weighted by Gasteiger charge is -2.41. The first-order chi connectivity index (χ1) is 15.9. The summed E-state index contributed by atoms with van der Waals surface area (Å²) in [6, 6.07) is 11.9. The predicted molar refractivity (Wildman–Crippen MR) is 120 cm³/mol. The van der Waals surface area contributed by atoms with E-state index in [0.29, 0.717) is 37.3 Å². The van der Waals surface area contributed by atoms with E-state index < -0.39 is 6.10 Å². The van der Waals surface area contributed by atoms with Crippen molar-refractivity contribution in [2.75, 3.05) is 26.2 Å². The van der Waals surface area contributed by atoms with Crippen molar-refractivity contribution in [1.82, 2.24) is 9.80 Å². The zero-order chi connectivity index (χ0) is 23.1. The molecule has 0 saturated carbocycles. The normalized spacial score (nSPS) is 21.2. The molecule has 2 atom stereocenters. The largest absolute Gasteiger partial charge is 0.457 e. The SMILES string of the molecule is Cc1cc2c(cc1C(O)CN1CCN(C3CCc4cc(C#N)ccc4C3)C(=O)C1)COC2=O. The van der Waals surface area contributed by atoms with Crippen LogP contribution in [0, 0.1) is 18.3 Å². The quantitative estimate of drug-likeness (QED) is 0.726. The molecule has 1 saturated heterocycles. The fraction of sp³-hybridized carbons (Fsp3) is 0.423. The minimum atomic E-state index is -0.735. The van der Waals surface area contributed by atoms with Crippen LogP contribution in [-0.2, 0) is 29.0 Å². The van der Waals surface area contributed by atoms with Crippen LogP contribution in [0.15, 0.2) is 30.3 Å². The summed E-state index contributed by atoms with van der Waals surface area (Å²) < 4.78 is 5.08. The number of esters is 1. The molecule has 1 N–H and O–H groups in total. The van der Waals surface area contributed by atoms with E-state index in [2.05, 4.69) is 6.07 Å². The fourth-order valence-corrected chi connectivity index (χ4v) is 5.35. The second-order valence-corrected chi connectivity index (χ2v) is 9.27. The second-order valence-electron chi connectivity index (χ2n) is 9.27. The molecule has 170 valence electrons. The molecule has 0 bridgehead atoms. The lowest BCUT2D eigenvalue weighted by Crippen LogP contribution is -2.55. The van der Waals surface area contributed by atoms with Gasteiger partial charge < -0.3 is 14.7 Å². The highest BCUT2D eigenvalue weighted by Gasteiger charge is 2.33. The summed E-state index contributed by atoms with van der Waals surface area (Å²) in [6.45, 7) is 4.15. The van der Waals surface area contributed by atoms with Gasteiger partial charge in [0, 0.05) is 31.2 Å². The molecular formula is C26H27N3O4. The van der Waals surface area contributed by atoms with Gasteiger partial charge in [0.2, 0.25) is 5.91 Å². The van der Waals surface area contributed by atoms with Gasteiger partial charge >= 0.3 is 5.97 Å². The van der Waals surface area contributed by atoms with Gasteiger partial charge in [-0.2, -0.15) is 5.26 Å². The van der Waals surface area contributed by atoms with Crippen molar-refractivity contribution < 1.29 is 19.4 Å². The van der Waals surface area contributed by atoms with Crippen LogP contribution < -0.4 is 0 Å². The van der Waals surface area contributed by atoms with Crippen molar-refractivity contribution in [2.45, 2.75) is 44.9 Å². The van der Waals surface area contributed by atoms with Crippen LogP contribution in [0.25, 0.3) is 0 Å². The van der Waals surface area contributed by atoms with Crippen LogP contribution in [0.5, 0.6) is 0 Å². The number of benzene rings is 2. The van der Waals surface area contributed by atoms with Gasteiger partial charge in [-0.1, -0.05) is 6.07 Å².